The lowest BCUT2D eigenvalue weighted by molar-refractivity contribution is -0.140. The molecule has 9 heteroatoms. The van der Waals surface area contributed by atoms with Gasteiger partial charge in [-0.05, 0) is 90.1 Å². The van der Waals surface area contributed by atoms with Gasteiger partial charge in [0.1, 0.15) is 0 Å². The number of anilines is 2. The molecule has 168 valence electrons. The molecule has 1 N–H and O–H groups in total. The second kappa shape index (κ2) is 7.64. The van der Waals surface area contributed by atoms with Crippen LogP contribution in [0.4, 0.5) is 24.5 Å². The first kappa shape index (κ1) is 21.5. The number of alkyl halides is 3. The van der Waals surface area contributed by atoms with Crippen molar-refractivity contribution in [3.63, 3.8) is 0 Å². The Bertz CT molecular complexity index is 1210. The minimum atomic E-state index is -4.57. The highest BCUT2D eigenvalue weighted by Gasteiger charge is 2.44. The third-order valence-electron chi connectivity index (χ3n) is 6.70. The summed E-state index contributed by atoms with van der Waals surface area (Å²) in [5.74, 6) is -0.333. The van der Waals surface area contributed by atoms with Gasteiger partial charge < -0.3 is 10.2 Å². The predicted molar refractivity (Wildman–Crippen MR) is 126 cm³/mol. The van der Waals surface area contributed by atoms with Gasteiger partial charge in [-0.15, -0.1) is 0 Å². The number of piperidine rings is 1. The molecule has 2 aromatic carbocycles. The molecule has 0 atom stereocenters. The number of carbonyl (C=O) groups is 1. The summed E-state index contributed by atoms with van der Waals surface area (Å²) in [5, 5.41) is 6.37. The van der Waals surface area contributed by atoms with Crippen LogP contribution in [-0.4, -0.2) is 28.8 Å². The van der Waals surface area contributed by atoms with Crippen molar-refractivity contribution < 1.29 is 18.0 Å². The fourth-order valence-electron chi connectivity index (χ4n) is 4.61. The van der Waals surface area contributed by atoms with Crippen molar-refractivity contribution in [2.45, 2.75) is 31.9 Å². The molecule has 1 saturated heterocycles. The maximum atomic E-state index is 13.4. The average Bonchev–Trinajstić information content (AvgIpc) is 3.41. The Balaban J connectivity index is 1.43. The van der Waals surface area contributed by atoms with Crippen LogP contribution in [0.5, 0.6) is 0 Å². The normalized spacial score (nSPS) is 17.7. The SMILES string of the molecule is Cn1nc(C(F)(F)F)c2cc(NC(=O)c3ccc(I)cc3N3CCC4(CC3)CC4)ccc21. The lowest BCUT2D eigenvalue weighted by Gasteiger charge is -2.35. The second-order valence-electron chi connectivity index (χ2n) is 8.80. The van der Waals surface area contributed by atoms with Gasteiger partial charge in [0, 0.05) is 34.8 Å². The van der Waals surface area contributed by atoms with Gasteiger partial charge in [-0.25, -0.2) is 0 Å². The van der Waals surface area contributed by atoms with Gasteiger partial charge in [-0.1, -0.05) is 0 Å². The van der Waals surface area contributed by atoms with Gasteiger partial charge in [-0.2, -0.15) is 18.3 Å². The monoisotopic (exact) mass is 554 g/mol. The number of amides is 1. The molecule has 2 heterocycles. The van der Waals surface area contributed by atoms with E-state index in [1.807, 2.05) is 12.1 Å². The standard InChI is InChI=1S/C23H22F3IN4O/c1-30-18-5-3-15(13-17(18)20(29-30)23(24,25)26)28-21(32)16-4-2-14(27)12-19(16)31-10-8-22(6-7-22)9-11-31/h2-5,12-13H,6-11H2,1H3,(H,28,32). The van der Waals surface area contributed by atoms with Crippen LogP contribution in [0.3, 0.4) is 0 Å². The molecule has 2 aliphatic rings. The van der Waals surface area contributed by atoms with Crippen molar-refractivity contribution in [2.75, 3.05) is 23.3 Å². The third-order valence-corrected chi connectivity index (χ3v) is 7.37. The van der Waals surface area contributed by atoms with Crippen molar-refractivity contribution in [3.05, 3.63) is 51.2 Å². The van der Waals surface area contributed by atoms with E-state index in [4.69, 9.17) is 0 Å². The Hall–Kier alpha value is -2.30. The Kier molecular flexibility index (Phi) is 5.14. The average molecular weight is 554 g/mol. The Morgan fingerprint density at radius 3 is 2.47 bits per heavy atom. The summed E-state index contributed by atoms with van der Waals surface area (Å²) in [4.78, 5) is 15.4. The summed E-state index contributed by atoms with van der Waals surface area (Å²) in [6.07, 6.45) is 0.307. The number of benzene rings is 2. The van der Waals surface area contributed by atoms with Crippen LogP contribution in [0.2, 0.25) is 0 Å². The van der Waals surface area contributed by atoms with Crippen molar-refractivity contribution in [3.8, 4) is 0 Å². The van der Waals surface area contributed by atoms with E-state index in [2.05, 4.69) is 37.9 Å². The molecule has 5 nitrogen and oxygen atoms in total. The van der Waals surface area contributed by atoms with Crippen LogP contribution in [-0.2, 0) is 13.2 Å². The number of fused-ring (bicyclic) bond motifs is 1. The number of halogens is 4. The maximum Gasteiger partial charge on any atom is 0.435 e. The molecule has 0 bridgehead atoms. The molecule has 1 spiro atoms. The summed E-state index contributed by atoms with van der Waals surface area (Å²) in [6.45, 7) is 1.83. The van der Waals surface area contributed by atoms with Crippen molar-refractivity contribution in [1.29, 1.82) is 0 Å². The second-order valence-corrected chi connectivity index (χ2v) is 10.1. The molecule has 1 saturated carbocycles. The van der Waals surface area contributed by atoms with E-state index in [1.165, 1.54) is 30.6 Å². The number of nitrogens with zero attached hydrogens (tertiary/aromatic N) is 3. The first-order valence-corrected chi connectivity index (χ1v) is 11.6. The molecular formula is C23H22F3IN4O. The number of aryl methyl sites for hydroxylation is 1. The summed E-state index contributed by atoms with van der Waals surface area (Å²) < 4.78 is 42.4. The van der Waals surface area contributed by atoms with E-state index in [1.54, 1.807) is 18.2 Å². The predicted octanol–water partition coefficient (Wildman–Crippen LogP) is 5.83. The zero-order chi connectivity index (χ0) is 22.7. The Labute approximate surface area is 197 Å². The van der Waals surface area contributed by atoms with E-state index in [0.29, 0.717) is 22.2 Å². The molecule has 1 aromatic heterocycles. The van der Waals surface area contributed by atoms with Gasteiger partial charge in [0.15, 0.2) is 5.69 Å². The maximum absolute atomic E-state index is 13.4. The summed E-state index contributed by atoms with van der Waals surface area (Å²) in [5.41, 5.74) is 1.63. The van der Waals surface area contributed by atoms with Gasteiger partial charge >= 0.3 is 6.18 Å². The van der Waals surface area contributed by atoms with Crippen LogP contribution in [0.1, 0.15) is 41.7 Å². The zero-order valence-corrected chi connectivity index (χ0v) is 19.6. The largest absolute Gasteiger partial charge is 0.435 e. The number of hydrogen-bond acceptors (Lipinski definition) is 3. The van der Waals surface area contributed by atoms with Gasteiger partial charge in [-0.3, -0.25) is 9.48 Å². The number of nitrogens with one attached hydrogen (secondary N) is 1. The van der Waals surface area contributed by atoms with Crippen molar-refractivity contribution >= 4 is 50.8 Å². The van der Waals surface area contributed by atoms with E-state index in [-0.39, 0.29) is 11.3 Å². The fraction of sp³-hybridized carbons (Fsp3) is 0.391. The van der Waals surface area contributed by atoms with Crippen molar-refractivity contribution in [2.24, 2.45) is 12.5 Å². The topological polar surface area (TPSA) is 50.2 Å². The van der Waals surface area contributed by atoms with Crippen LogP contribution < -0.4 is 10.2 Å². The molecule has 2 fully saturated rings. The molecule has 0 radical (unpaired) electrons. The van der Waals surface area contributed by atoms with E-state index in [0.717, 1.165) is 35.2 Å². The molecule has 0 unspecified atom stereocenters. The molecular weight excluding hydrogens is 532 g/mol. The molecule has 3 aromatic rings. The Morgan fingerprint density at radius 1 is 1.09 bits per heavy atom. The molecule has 1 aliphatic heterocycles. The minimum Gasteiger partial charge on any atom is -0.371 e. The smallest absolute Gasteiger partial charge is 0.371 e. The van der Waals surface area contributed by atoms with Gasteiger partial charge in [0.2, 0.25) is 0 Å². The first-order chi connectivity index (χ1) is 15.2. The first-order valence-electron chi connectivity index (χ1n) is 10.6. The van der Waals surface area contributed by atoms with E-state index < -0.39 is 11.9 Å². The summed E-state index contributed by atoms with van der Waals surface area (Å²) >= 11 is 2.23. The Morgan fingerprint density at radius 2 is 1.81 bits per heavy atom. The lowest BCUT2D eigenvalue weighted by atomic mass is 9.93. The zero-order valence-electron chi connectivity index (χ0n) is 17.5. The summed E-state index contributed by atoms with van der Waals surface area (Å²) in [7, 11) is 1.47. The van der Waals surface area contributed by atoms with Crippen LogP contribution in [0, 0.1) is 8.99 Å². The number of hydrogen-bond donors (Lipinski definition) is 1. The minimum absolute atomic E-state index is 0.0357. The molecule has 5 rings (SSSR count). The number of aromatic nitrogens is 2. The number of carbonyl (C=O) groups excluding carboxylic acids is 1. The van der Waals surface area contributed by atoms with Crippen molar-refractivity contribution in [1.82, 2.24) is 9.78 Å². The highest BCUT2D eigenvalue weighted by Crippen LogP contribution is 2.54. The van der Waals surface area contributed by atoms with Gasteiger partial charge in [0.05, 0.1) is 16.8 Å². The van der Waals surface area contributed by atoms with Crippen LogP contribution >= 0.6 is 22.6 Å². The molecule has 1 aliphatic carbocycles. The third kappa shape index (κ3) is 3.95. The van der Waals surface area contributed by atoms with Gasteiger partial charge in [0.25, 0.3) is 5.91 Å². The highest BCUT2D eigenvalue weighted by atomic mass is 127. The summed E-state index contributed by atoms with van der Waals surface area (Å²) in [6, 6.07) is 10.2. The van der Waals surface area contributed by atoms with E-state index >= 15 is 0 Å². The highest BCUT2D eigenvalue weighted by molar-refractivity contribution is 14.1. The molecule has 1 amide bonds. The quantitative estimate of drug-likeness (QED) is 0.415. The van der Waals surface area contributed by atoms with Crippen LogP contribution in [0.15, 0.2) is 36.4 Å². The molecule has 32 heavy (non-hydrogen) atoms. The lowest BCUT2D eigenvalue weighted by Crippen LogP contribution is -2.35. The van der Waals surface area contributed by atoms with Crippen LogP contribution in [0.25, 0.3) is 10.9 Å². The fourth-order valence-corrected chi connectivity index (χ4v) is 5.08. The van der Waals surface area contributed by atoms with E-state index in [9.17, 15) is 18.0 Å². The number of rotatable bonds is 3.